The molecule has 2 aromatic rings. The number of hydrogen-bond donors (Lipinski definition) is 1. The van der Waals surface area contributed by atoms with Gasteiger partial charge in [0, 0.05) is 0 Å². The lowest BCUT2D eigenvalue weighted by atomic mass is 10.4. The Balaban J connectivity index is 2.82. The molecular formula is C8H7N3OS. The van der Waals surface area contributed by atoms with E-state index < -0.39 is 0 Å². The lowest BCUT2D eigenvalue weighted by Crippen LogP contribution is -2.08. The van der Waals surface area contributed by atoms with Crippen LogP contribution in [0.1, 0.15) is 0 Å². The molecule has 0 saturated carbocycles. The third kappa shape index (κ3) is 1.42. The summed E-state index contributed by atoms with van der Waals surface area (Å²) in [5.41, 5.74) is 0.830. The summed E-state index contributed by atoms with van der Waals surface area (Å²) in [5, 5.41) is 0.825. The van der Waals surface area contributed by atoms with Gasteiger partial charge in [0.05, 0.1) is 16.9 Å². The van der Waals surface area contributed by atoms with Crippen LogP contribution in [-0.2, 0) is 0 Å². The van der Waals surface area contributed by atoms with Crippen LogP contribution in [0.4, 0.5) is 0 Å². The lowest BCUT2D eigenvalue weighted by Gasteiger charge is -1.96. The predicted octanol–water partition coefficient (Wildman–Crippen LogP) is 1.04. The Bertz CT molecular complexity index is 494. The number of hydrogen-bond acceptors (Lipinski definition) is 4. The highest BCUT2D eigenvalue weighted by Crippen LogP contribution is 2.13. The standard InChI is InChI=1S/C8H7N3OS/c1-13-6-3-2-5-7(11-6)8(12)10-4-9-5/h2-4H,1H3,(H,9,10,12). The fourth-order valence-electron chi connectivity index (χ4n) is 1.05. The van der Waals surface area contributed by atoms with E-state index in [0.717, 1.165) is 5.03 Å². The third-order valence-corrected chi connectivity index (χ3v) is 2.32. The molecule has 0 spiro atoms. The van der Waals surface area contributed by atoms with Crippen LogP contribution in [0, 0.1) is 0 Å². The van der Waals surface area contributed by atoms with Crippen molar-refractivity contribution < 1.29 is 0 Å². The molecular weight excluding hydrogens is 186 g/mol. The summed E-state index contributed by atoms with van der Waals surface area (Å²) in [6, 6.07) is 3.64. The number of aromatic nitrogens is 3. The molecule has 0 aliphatic carbocycles. The first-order chi connectivity index (χ1) is 6.31. The third-order valence-electron chi connectivity index (χ3n) is 1.67. The first kappa shape index (κ1) is 8.25. The number of nitrogens with one attached hydrogen (secondary N) is 1. The molecule has 0 atom stereocenters. The zero-order chi connectivity index (χ0) is 9.26. The van der Waals surface area contributed by atoms with E-state index in [4.69, 9.17) is 0 Å². The van der Waals surface area contributed by atoms with Crippen LogP contribution >= 0.6 is 11.8 Å². The van der Waals surface area contributed by atoms with E-state index >= 15 is 0 Å². The number of nitrogens with zero attached hydrogens (tertiary/aromatic N) is 2. The molecule has 4 nitrogen and oxygen atoms in total. The molecule has 2 rings (SSSR count). The van der Waals surface area contributed by atoms with E-state index in [1.165, 1.54) is 18.1 Å². The Labute approximate surface area is 78.4 Å². The Kier molecular flexibility index (Phi) is 2.02. The van der Waals surface area contributed by atoms with Crippen LogP contribution in [0.25, 0.3) is 11.0 Å². The number of rotatable bonds is 1. The molecule has 0 fully saturated rings. The van der Waals surface area contributed by atoms with Gasteiger partial charge in [0.1, 0.15) is 0 Å². The second-order valence-electron chi connectivity index (χ2n) is 2.45. The first-order valence-corrected chi connectivity index (χ1v) is 4.92. The quantitative estimate of drug-likeness (QED) is 0.687. The molecule has 0 bridgehead atoms. The summed E-state index contributed by atoms with van der Waals surface area (Å²) >= 11 is 1.50. The predicted molar refractivity (Wildman–Crippen MR) is 51.9 cm³/mol. The van der Waals surface area contributed by atoms with Gasteiger partial charge in [-0.15, -0.1) is 11.8 Å². The van der Waals surface area contributed by atoms with Gasteiger partial charge in [-0.1, -0.05) is 0 Å². The summed E-state index contributed by atoms with van der Waals surface area (Å²) in [4.78, 5) is 21.9. The summed E-state index contributed by atoms with van der Waals surface area (Å²) < 4.78 is 0. The molecule has 13 heavy (non-hydrogen) atoms. The van der Waals surface area contributed by atoms with Crippen LogP contribution < -0.4 is 5.56 Å². The van der Waals surface area contributed by atoms with Crippen molar-refractivity contribution in [2.45, 2.75) is 5.03 Å². The van der Waals surface area contributed by atoms with Crippen LogP contribution in [0.5, 0.6) is 0 Å². The SMILES string of the molecule is CSc1ccc2nc[nH]c(=O)c2n1. The topological polar surface area (TPSA) is 58.6 Å². The number of aromatic amines is 1. The molecule has 66 valence electrons. The lowest BCUT2D eigenvalue weighted by molar-refractivity contribution is 1.10. The fourth-order valence-corrected chi connectivity index (χ4v) is 1.43. The van der Waals surface area contributed by atoms with Gasteiger partial charge in [-0.3, -0.25) is 4.79 Å². The molecule has 0 saturated heterocycles. The summed E-state index contributed by atoms with van der Waals surface area (Å²) in [6.45, 7) is 0. The number of H-pyrrole nitrogens is 1. The van der Waals surface area contributed by atoms with Gasteiger partial charge in [0.15, 0.2) is 5.52 Å². The molecule has 2 aromatic heterocycles. The van der Waals surface area contributed by atoms with Gasteiger partial charge in [0.25, 0.3) is 5.56 Å². The Morgan fingerprint density at radius 2 is 2.31 bits per heavy atom. The van der Waals surface area contributed by atoms with E-state index in [2.05, 4.69) is 15.0 Å². The smallest absolute Gasteiger partial charge is 0.277 e. The van der Waals surface area contributed by atoms with Crippen LogP contribution in [0.15, 0.2) is 28.3 Å². The Morgan fingerprint density at radius 3 is 3.08 bits per heavy atom. The molecule has 1 N–H and O–H groups in total. The molecule has 5 heteroatoms. The van der Waals surface area contributed by atoms with Crippen molar-refractivity contribution in [3.63, 3.8) is 0 Å². The van der Waals surface area contributed by atoms with E-state index in [9.17, 15) is 4.79 Å². The van der Waals surface area contributed by atoms with Crippen molar-refractivity contribution in [2.24, 2.45) is 0 Å². The normalized spacial score (nSPS) is 10.5. The van der Waals surface area contributed by atoms with Crippen molar-refractivity contribution in [1.29, 1.82) is 0 Å². The molecule has 0 radical (unpaired) electrons. The van der Waals surface area contributed by atoms with Gasteiger partial charge in [-0.2, -0.15) is 0 Å². The average Bonchev–Trinajstić information content (AvgIpc) is 2.18. The highest BCUT2D eigenvalue weighted by molar-refractivity contribution is 7.98. The maximum Gasteiger partial charge on any atom is 0.277 e. The molecule has 0 aliphatic heterocycles. The minimum absolute atomic E-state index is 0.194. The highest BCUT2D eigenvalue weighted by Gasteiger charge is 2.01. The largest absolute Gasteiger partial charge is 0.311 e. The van der Waals surface area contributed by atoms with Gasteiger partial charge in [-0.25, -0.2) is 9.97 Å². The molecule has 0 unspecified atom stereocenters. The summed E-state index contributed by atoms with van der Waals surface area (Å²) in [6.07, 6.45) is 3.30. The average molecular weight is 193 g/mol. The van der Waals surface area contributed by atoms with E-state index in [1.807, 2.05) is 12.3 Å². The van der Waals surface area contributed by atoms with E-state index in [-0.39, 0.29) is 5.56 Å². The van der Waals surface area contributed by atoms with Crippen LogP contribution in [0.2, 0.25) is 0 Å². The molecule has 0 aliphatic rings. The second kappa shape index (κ2) is 3.18. The zero-order valence-electron chi connectivity index (χ0n) is 6.94. The minimum atomic E-state index is -0.194. The fraction of sp³-hybridized carbons (Fsp3) is 0.125. The first-order valence-electron chi connectivity index (χ1n) is 3.69. The maximum atomic E-state index is 11.3. The van der Waals surface area contributed by atoms with Crippen LogP contribution in [-0.4, -0.2) is 21.2 Å². The van der Waals surface area contributed by atoms with Crippen molar-refractivity contribution >= 4 is 22.8 Å². The van der Waals surface area contributed by atoms with E-state index in [0.29, 0.717) is 11.0 Å². The van der Waals surface area contributed by atoms with Crippen molar-refractivity contribution in [2.75, 3.05) is 6.26 Å². The van der Waals surface area contributed by atoms with Gasteiger partial charge < -0.3 is 4.98 Å². The molecule has 0 aromatic carbocycles. The Hall–Kier alpha value is -1.36. The highest BCUT2D eigenvalue weighted by atomic mass is 32.2. The van der Waals surface area contributed by atoms with Crippen LogP contribution in [0.3, 0.4) is 0 Å². The van der Waals surface area contributed by atoms with Crippen molar-refractivity contribution in [3.8, 4) is 0 Å². The second-order valence-corrected chi connectivity index (χ2v) is 3.28. The van der Waals surface area contributed by atoms with Gasteiger partial charge in [0.2, 0.25) is 0 Å². The minimum Gasteiger partial charge on any atom is -0.311 e. The maximum absolute atomic E-state index is 11.3. The molecule has 2 heterocycles. The van der Waals surface area contributed by atoms with E-state index in [1.54, 1.807) is 6.07 Å². The number of pyridine rings is 1. The van der Waals surface area contributed by atoms with Gasteiger partial charge in [-0.05, 0) is 18.4 Å². The Morgan fingerprint density at radius 1 is 1.46 bits per heavy atom. The van der Waals surface area contributed by atoms with Crippen molar-refractivity contribution in [1.82, 2.24) is 15.0 Å². The van der Waals surface area contributed by atoms with Crippen molar-refractivity contribution in [3.05, 3.63) is 28.8 Å². The summed E-state index contributed by atoms with van der Waals surface area (Å²) in [7, 11) is 0. The van der Waals surface area contributed by atoms with Gasteiger partial charge >= 0.3 is 0 Å². The number of thioether (sulfide) groups is 1. The monoisotopic (exact) mass is 193 g/mol. The zero-order valence-corrected chi connectivity index (χ0v) is 7.76. The number of fused-ring (bicyclic) bond motifs is 1. The summed E-state index contributed by atoms with van der Waals surface area (Å²) in [5.74, 6) is 0. The molecule has 0 amide bonds.